The summed E-state index contributed by atoms with van der Waals surface area (Å²) in [4.78, 5) is 0. The second-order valence-corrected chi connectivity index (χ2v) is 4.61. The topological polar surface area (TPSA) is 23.8 Å². The van der Waals surface area contributed by atoms with Crippen LogP contribution in [0.2, 0.25) is 5.02 Å². The summed E-state index contributed by atoms with van der Waals surface area (Å²) < 4.78 is 0.897. The summed E-state index contributed by atoms with van der Waals surface area (Å²) in [6.45, 7) is 0. The Morgan fingerprint density at radius 3 is 2.56 bits per heavy atom. The summed E-state index contributed by atoms with van der Waals surface area (Å²) in [5.41, 5.74) is 2.70. The van der Waals surface area contributed by atoms with Gasteiger partial charge in [0.2, 0.25) is 0 Å². The van der Waals surface area contributed by atoms with E-state index in [1.807, 2.05) is 30.3 Å². The molecule has 0 saturated heterocycles. The quantitative estimate of drug-likeness (QED) is 0.751. The first-order valence-corrected chi connectivity index (χ1v) is 5.83. The molecule has 16 heavy (non-hydrogen) atoms. The highest BCUT2D eigenvalue weighted by Crippen LogP contribution is 2.30. The molecule has 2 aromatic rings. The summed E-state index contributed by atoms with van der Waals surface area (Å²) >= 11 is 9.39. The Balaban J connectivity index is 2.53. The van der Waals surface area contributed by atoms with E-state index in [9.17, 15) is 0 Å². The molecule has 0 unspecified atom stereocenters. The molecule has 78 valence electrons. The highest BCUT2D eigenvalue weighted by atomic mass is 79.9. The van der Waals surface area contributed by atoms with Gasteiger partial charge in [0.25, 0.3) is 0 Å². The van der Waals surface area contributed by atoms with E-state index in [1.165, 1.54) is 0 Å². The predicted molar refractivity (Wildman–Crippen MR) is 69.3 cm³/mol. The lowest BCUT2D eigenvalue weighted by atomic mass is 10.0. The zero-order valence-electron chi connectivity index (χ0n) is 8.24. The number of nitriles is 1. The van der Waals surface area contributed by atoms with Crippen LogP contribution in [-0.4, -0.2) is 0 Å². The predicted octanol–water partition coefficient (Wildman–Crippen LogP) is 4.64. The molecule has 0 N–H and O–H groups in total. The Morgan fingerprint density at radius 1 is 1.12 bits per heavy atom. The van der Waals surface area contributed by atoms with Gasteiger partial charge in [-0.15, -0.1) is 0 Å². The Labute approximate surface area is 107 Å². The molecule has 1 nitrogen and oxygen atoms in total. The van der Waals surface area contributed by atoms with Gasteiger partial charge in [-0.3, -0.25) is 0 Å². The van der Waals surface area contributed by atoms with Gasteiger partial charge < -0.3 is 0 Å². The van der Waals surface area contributed by atoms with Gasteiger partial charge in [-0.1, -0.05) is 45.7 Å². The SMILES string of the molecule is N#Cc1ccc(-c2cccc(Cl)c2)c(Br)c1. The second kappa shape index (κ2) is 4.69. The molecule has 3 heteroatoms. The average molecular weight is 293 g/mol. The molecular weight excluding hydrogens is 286 g/mol. The lowest BCUT2D eigenvalue weighted by Gasteiger charge is -2.05. The molecule has 0 spiro atoms. The Bertz CT molecular complexity index is 572. The third kappa shape index (κ3) is 2.27. The minimum Gasteiger partial charge on any atom is -0.192 e. The molecular formula is C13H7BrClN. The molecule has 2 aromatic carbocycles. The van der Waals surface area contributed by atoms with E-state index in [4.69, 9.17) is 16.9 Å². The van der Waals surface area contributed by atoms with Crippen molar-refractivity contribution in [2.45, 2.75) is 0 Å². The van der Waals surface area contributed by atoms with Gasteiger partial charge in [-0.2, -0.15) is 5.26 Å². The molecule has 0 atom stereocenters. The van der Waals surface area contributed by atoms with E-state index >= 15 is 0 Å². The molecule has 2 rings (SSSR count). The molecule has 0 aliphatic heterocycles. The fraction of sp³-hybridized carbons (Fsp3) is 0. The van der Waals surface area contributed by atoms with Crippen LogP contribution < -0.4 is 0 Å². The van der Waals surface area contributed by atoms with E-state index in [0.717, 1.165) is 15.6 Å². The van der Waals surface area contributed by atoms with E-state index < -0.39 is 0 Å². The Morgan fingerprint density at radius 2 is 1.94 bits per heavy atom. The Kier molecular flexibility index (Phi) is 3.28. The number of nitrogens with zero attached hydrogens (tertiary/aromatic N) is 1. The van der Waals surface area contributed by atoms with Gasteiger partial charge in [0.05, 0.1) is 11.6 Å². The zero-order valence-corrected chi connectivity index (χ0v) is 10.6. The van der Waals surface area contributed by atoms with Crippen molar-refractivity contribution in [3.05, 3.63) is 57.5 Å². The molecule has 0 amide bonds. The first-order valence-electron chi connectivity index (χ1n) is 4.66. The third-order valence-corrected chi connectivity index (χ3v) is 3.12. The van der Waals surface area contributed by atoms with Crippen LogP contribution in [0, 0.1) is 11.3 Å². The van der Waals surface area contributed by atoms with Gasteiger partial charge in [0, 0.05) is 9.50 Å². The number of halogens is 2. The van der Waals surface area contributed by atoms with Crippen molar-refractivity contribution >= 4 is 27.5 Å². The lowest BCUT2D eigenvalue weighted by Crippen LogP contribution is -1.82. The molecule has 0 bridgehead atoms. The largest absolute Gasteiger partial charge is 0.192 e. The Hall–Kier alpha value is -1.30. The molecule has 0 fully saturated rings. The highest BCUT2D eigenvalue weighted by Gasteiger charge is 2.04. The van der Waals surface area contributed by atoms with Gasteiger partial charge >= 0.3 is 0 Å². The molecule has 0 radical (unpaired) electrons. The van der Waals surface area contributed by atoms with Crippen molar-refractivity contribution in [1.82, 2.24) is 0 Å². The van der Waals surface area contributed by atoms with Crippen molar-refractivity contribution in [3.63, 3.8) is 0 Å². The summed E-state index contributed by atoms with van der Waals surface area (Å²) in [5.74, 6) is 0. The average Bonchev–Trinajstić information content (AvgIpc) is 2.28. The van der Waals surface area contributed by atoms with E-state index in [2.05, 4.69) is 22.0 Å². The minimum absolute atomic E-state index is 0.637. The molecule has 0 saturated carbocycles. The van der Waals surface area contributed by atoms with Crippen molar-refractivity contribution in [2.24, 2.45) is 0 Å². The van der Waals surface area contributed by atoms with E-state index in [1.54, 1.807) is 12.1 Å². The third-order valence-electron chi connectivity index (χ3n) is 2.23. The van der Waals surface area contributed by atoms with Crippen LogP contribution >= 0.6 is 27.5 Å². The first-order chi connectivity index (χ1) is 7.70. The minimum atomic E-state index is 0.637. The summed E-state index contributed by atoms with van der Waals surface area (Å²) in [5, 5.41) is 9.48. The monoisotopic (exact) mass is 291 g/mol. The zero-order chi connectivity index (χ0) is 11.5. The van der Waals surface area contributed by atoms with E-state index in [-0.39, 0.29) is 0 Å². The van der Waals surface area contributed by atoms with Crippen LogP contribution in [0.15, 0.2) is 46.9 Å². The van der Waals surface area contributed by atoms with Crippen LogP contribution in [0.3, 0.4) is 0 Å². The second-order valence-electron chi connectivity index (χ2n) is 3.32. The van der Waals surface area contributed by atoms with Crippen molar-refractivity contribution in [3.8, 4) is 17.2 Å². The number of hydrogen-bond acceptors (Lipinski definition) is 1. The maximum Gasteiger partial charge on any atom is 0.0992 e. The van der Waals surface area contributed by atoms with Crippen LogP contribution in [0.25, 0.3) is 11.1 Å². The fourth-order valence-corrected chi connectivity index (χ4v) is 2.27. The summed E-state index contributed by atoms with van der Waals surface area (Å²) in [6.07, 6.45) is 0. The van der Waals surface area contributed by atoms with Gasteiger partial charge in [0.15, 0.2) is 0 Å². The number of benzene rings is 2. The summed E-state index contributed by atoms with van der Waals surface area (Å²) in [7, 11) is 0. The van der Waals surface area contributed by atoms with Crippen LogP contribution in [0.4, 0.5) is 0 Å². The van der Waals surface area contributed by atoms with Gasteiger partial charge in [-0.05, 0) is 35.4 Å². The molecule has 0 aliphatic rings. The highest BCUT2D eigenvalue weighted by molar-refractivity contribution is 9.10. The summed E-state index contributed by atoms with van der Waals surface area (Å²) in [6, 6.07) is 15.2. The molecule has 0 heterocycles. The van der Waals surface area contributed by atoms with Gasteiger partial charge in [0.1, 0.15) is 0 Å². The normalized spacial score (nSPS) is 9.81. The molecule has 0 aromatic heterocycles. The van der Waals surface area contributed by atoms with Crippen molar-refractivity contribution < 1.29 is 0 Å². The smallest absolute Gasteiger partial charge is 0.0992 e. The fourth-order valence-electron chi connectivity index (χ4n) is 1.47. The number of rotatable bonds is 1. The van der Waals surface area contributed by atoms with Crippen molar-refractivity contribution in [1.29, 1.82) is 5.26 Å². The van der Waals surface area contributed by atoms with Crippen LogP contribution in [0.5, 0.6) is 0 Å². The first kappa shape index (κ1) is 11.2. The maximum absolute atomic E-state index is 8.78. The van der Waals surface area contributed by atoms with E-state index in [0.29, 0.717) is 10.6 Å². The molecule has 0 aliphatic carbocycles. The standard InChI is InChI=1S/C13H7BrClN/c14-13-6-9(8-16)4-5-12(13)10-2-1-3-11(15)7-10/h1-7H. The van der Waals surface area contributed by atoms with Gasteiger partial charge in [-0.25, -0.2) is 0 Å². The maximum atomic E-state index is 8.78. The number of hydrogen-bond donors (Lipinski definition) is 0. The lowest BCUT2D eigenvalue weighted by molar-refractivity contribution is 1.47. The van der Waals surface area contributed by atoms with Crippen LogP contribution in [-0.2, 0) is 0 Å². The van der Waals surface area contributed by atoms with Crippen molar-refractivity contribution in [2.75, 3.05) is 0 Å². The van der Waals surface area contributed by atoms with Crippen LogP contribution in [0.1, 0.15) is 5.56 Å².